The van der Waals surface area contributed by atoms with E-state index in [2.05, 4.69) is 5.32 Å². The first kappa shape index (κ1) is 27.3. The zero-order valence-electron chi connectivity index (χ0n) is 20.1. The molecule has 1 atom stereocenters. The molecular formula is C25H34ClNO5. The summed E-state index contributed by atoms with van der Waals surface area (Å²) in [5, 5.41) is 22.4. The molecule has 0 aliphatic rings. The molecular weight excluding hydrogens is 430 g/mol. The van der Waals surface area contributed by atoms with Crippen LogP contribution in [0.4, 0.5) is 5.69 Å². The summed E-state index contributed by atoms with van der Waals surface area (Å²) in [5.41, 5.74) is 1.19. The number of hydrogen-bond donors (Lipinski definition) is 3. The van der Waals surface area contributed by atoms with Gasteiger partial charge in [0, 0.05) is 17.3 Å². The van der Waals surface area contributed by atoms with Crippen molar-refractivity contribution in [3.05, 3.63) is 46.0 Å². The van der Waals surface area contributed by atoms with Crippen molar-refractivity contribution in [3.63, 3.8) is 0 Å². The van der Waals surface area contributed by atoms with Gasteiger partial charge in [-0.3, -0.25) is 9.59 Å². The van der Waals surface area contributed by atoms with Gasteiger partial charge in [0.2, 0.25) is 5.91 Å². The molecule has 0 aliphatic heterocycles. The highest BCUT2D eigenvalue weighted by molar-refractivity contribution is 6.32. The van der Waals surface area contributed by atoms with Gasteiger partial charge in [-0.1, -0.05) is 46.2 Å². The number of amides is 1. The van der Waals surface area contributed by atoms with Gasteiger partial charge in [-0.15, -0.1) is 0 Å². The summed E-state index contributed by atoms with van der Waals surface area (Å²) in [4.78, 5) is 24.0. The van der Waals surface area contributed by atoms with Gasteiger partial charge in [0.25, 0.3) is 0 Å². The zero-order valence-corrected chi connectivity index (χ0v) is 20.8. The Morgan fingerprint density at radius 1 is 1.12 bits per heavy atom. The first-order chi connectivity index (χ1) is 14.9. The predicted octanol–water partition coefficient (Wildman–Crippen LogP) is 7.04. The molecule has 2 aromatic rings. The van der Waals surface area contributed by atoms with Gasteiger partial charge >= 0.3 is 5.97 Å². The molecule has 0 spiro atoms. The molecule has 176 valence electrons. The summed E-state index contributed by atoms with van der Waals surface area (Å²) in [7, 11) is 0. The molecule has 3 N–H and O–H groups in total. The summed E-state index contributed by atoms with van der Waals surface area (Å²) >= 11 is 6.15. The number of phenols is 1. The molecule has 1 unspecified atom stereocenters. The minimum atomic E-state index is -1.51. The largest absolute Gasteiger partial charge is 0.506 e. The topological polar surface area (TPSA) is 95.9 Å². The van der Waals surface area contributed by atoms with Crippen molar-refractivity contribution in [1.82, 2.24) is 0 Å². The predicted molar refractivity (Wildman–Crippen MR) is 129 cm³/mol. The summed E-state index contributed by atoms with van der Waals surface area (Å²) < 4.78 is 6.05. The van der Waals surface area contributed by atoms with E-state index in [0.717, 1.165) is 11.1 Å². The van der Waals surface area contributed by atoms with Gasteiger partial charge in [0.05, 0.1) is 5.02 Å². The first-order valence-electron chi connectivity index (χ1n) is 10.8. The number of nitrogens with one attached hydrogen (secondary N) is 1. The third-order valence-corrected chi connectivity index (χ3v) is 5.59. The van der Waals surface area contributed by atoms with E-state index in [1.807, 2.05) is 41.5 Å². The molecule has 0 heterocycles. The van der Waals surface area contributed by atoms with Crippen LogP contribution in [0.3, 0.4) is 0 Å². The first-order valence-corrected chi connectivity index (χ1v) is 11.1. The van der Waals surface area contributed by atoms with Crippen LogP contribution >= 0.6 is 11.6 Å². The van der Waals surface area contributed by atoms with Gasteiger partial charge in [-0.05, 0) is 62.4 Å². The van der Waals surface area contributed by atoms with Crippen LogP contribution in [0.15, 0.2) is 24.3 Å². The second-order valence-electron chi connectivity index (χ2n) is 7.98. The third-order valence-electron chi connectivity index (χ3n) is 5.31. The molecule has 6 nitrogen and oxygen atoms in total. The highest BCUT2D eigenvalue weighted by Crippen LogP contribution is 2.39. The molecule has 2 aromatic carbocycles. The summed E-state index contributed by atoms with van der Waals surface area (Å²) in [5.74, 6) is -0.538. The molecule has 0 bridgehead atoms. The number of rotatable bonds is 7. The number of carbonyl (C=O) groups is 2. The quantitative estimate of drug-likeness (QED) is 0.382. The van der Waals surface area contributed by atoms with E-state index in [0.29, 0.717) is 22.7 Å². The molecule has 7 heteroatoms. The Morgan fingerprint density at radius 3 is 2.09 bits per heavy atom. The average molecular weight is 464 g/mol. The highest BCUT2D eigenvalue weighted by Gasteiger charge is 2.39. The molecule has 1 amide bonds. The number of benzene rings is 2. The zero-order chi connectivity index (χ0) is 24.8. The van der Waals surface area contributed by atoms with Crippen molar-refractivity contribution >= 4 is 29.2 Å². The second-order valence-corrected chi connectivity index (χ2v) is 8.39. The number of carbonyl (C=O) groups excluding carboxylic acids is 1. The molecule has 0 fully saturated rings. The van der Waals surface area contributed by atoms with Crippen LogP contribution in [0.5, 0.6) is 17.2 Å². The molecule has 0 aromatic heterocycles. The smallest absolute Gasteiger partial charge is 0.318 e. The lowest BCUT2D eigenvalue weighted by atomic mass is 9.86. The van der Waals surface area contributed by atoms with E-state index < -0.39 is 17.3 Å². The van der Waals surface area contributed by atoms with Crippen LogP contribution in [0.2, 0.25) is 5.02 Å². The summed E-state index contributed by atoms with van der Waals surface area (Å²) in [6.45, 7) is 14.6. The van der Waals surface area contributed by atoms with Crippen molar-refractivity contribution in [2.24, 2.45) is 5.41 Å². The van der Waals surface area contributed by atoms with Crippen LogP contribution in [-0.2, 0) is 9.59 Å². The Kier molecular flexibility index (Phi) is 9.58. The summed E-state index contributed by atoms with van der Waals surface area (Å²) in [6, 6.07) is 6.75. The number of aromatic hydroxyl groups is 1. The number of carboxylic acid groups (broad SMARTS) is 1. The molecule has 0 saturated heterocycles. The number of ether oxygens (including phenoxy) is 1. The van der Waals surface area contributed by atoms with Gasteiger partial charge < -0.3 is 20.3 Å². The Bertz CT molecular complexity index is 964. The maximum atomic E-state index is 12.5. The number of halogens is 1. The maximum absolute atomic E-state index is 12.5. The van der Waals surface area contributed by atoms with Gasteiger partial charge in [0.1, 0.15) is 22.7 Å². The van der Waals surface area contributed by atoms with E-state index in [-0.39, 0.29) is 23.1 Å². The van der Waals surface area contributed by atoms with Gasteiger partial charge in [0.15, 0.2) is 0 Å². The normalized spacial score (nSPS) is 12.4. The minimum Gasteiger partial charge on any atom is -0.506 e. The average Bonchev–Trinajstić information content (AvgIpc) is 2.73. The Labute approximate surface area is 195 Å². The van der Waals surface area contributed by atoms with Crippen molar-refractivity contribution in [1.29, 1.82) is 0 Å². The van der Waals surface area contributed by atoms with Gasteiger partial charge in [-0.25, -0.2) is 0 Å². The third kappa shape index (κ3) is 5.94. The number of aliphatic carboxylic acids is 1. The van der Waals surface area contributed by atoms with E-state index in [4.69, 9.17) is 16.3 Å². The lowest BCUT2D eigenvalue weighted by Gasteiger charge is -2.22. The SMILES string of the molecule is CC.CCC(C)(C(=O)O)C(=O)Nc1cc(C)c(Oc2cc(Cl)c(O)c(C(C)C)c2)c(C)c1. The van der Waals surface area contributed by atoms with Crippen molar-refractivity contribution < 1.29 is 24.5 Å². The molecule has 32 heavy (non-hydrogen) atoms. The van der Waals surface area contributed by atoms with Gasteiger partial charge in [-0.2, -0.15) is 0 Å². The Balaban J connectivity index is 0.00000249. The van der Waals surface area contributed by atoms with Crippen LogP contribution in [0, 0.1) is 19.3 Å². The number of aryl methyl sites for hydroxylation is 2. The Morgan fingerprint density at radius 2 is 1.66 bits per heavy atom. The van der Waals surface area contributed by atoms with E-state index >= 15 is 0 Å². The monoisotopic (exact) mass is 463 g/mol. The maximum Gasteiger partial charge on any atom is 0.318 e. The minimum absolute atomic E-state index is 0.0444. The molecule has 0 saturated carbocycles. The van der Waals surface area contributed by atoms with Crippen LogP contribution < -0.4 is 10.1 Å². The van der Waals surface area contributed by atoms with E-state index in [9.17, 15) is 19.8 Å². The second kappa shape index (κ2) is 11.2. The lowest BCUT2D eigenvalue weighted by Crippen LogP contribution is -2.40. The summed E-state index contributed by atoms with van der Waals surface area (Å²) in [6.07, 6.45) is 0.174. The molecule has 0 radical (unpaired) electrons. The standard InChI is InChI=1S/C23H28ClNO5.C2H6/c1-7-23(6,22(28)29)21(27)25-15-8-13(4)20(14(5)9-15)30-16-10-17(12(2)3)19(26)18(24)11-16;1-2/h8-12,26H,7H2,1-6H3,(H,25,27)(H,28,29);1-2H3. The van der Waals surface area contributed by atoms with Crippen molar-refractivity contribution in [2.75, 3.05) is 5.32 Å². The highest BCUT2D eigenvalue weighted by atomic mass is 35.5. The van der Waals surface area contributed by atoms with Crippen molar-refractivity contribution in [3.8, 4) is 17.2 Å². The molecule has 2 rings (SSSR count). The van der Waals surface area contributed by atoms with Crippen LogP contribution in [-0.4, -0.2) is 22.1 Å². The fraction of sp³-hybridized carbons (Fsp3) is 0.440. The van der Waals surface area contributed by atoms with E-state index in [1.165, 1.54) is 6.92 Å². The molecule has 0 aliphatic carbocycles. The number of anilines is 1. The number of hydrogen-bond acceptors (Lipinski definition) is 4. The van der Waals surface area contributed by atoms with Crippen LogP contribution in [0.25, 0.3) is 0 Å². The lowest BCUT2D eigenvalue weighted by molar-refractivity contribution is -0.152. The number of carboxylic acids is 1. The Hall–Kier alpha value is -2.73. The fourth-order valence-electron chi connectivity index (χ4n) is 3.07. The fourth-order valence-corrected chi connectivity index (χ4v) is 3.29. The number of phenolic OH excluding ortho intramolecular Hbond substituents is 1. The van der Waals surface area contributed by atoms with E-state index in [1.54, 1.807) is 31.2 Å². The van der Waals surface area contributed by atoms with Crippen molar-refractivity contribution in [2.45, 2.75) is 67.7 Å². The van der Waals surface area contributed by atoms with Crippen LogP contribution in [0.1, 0.15) is 70.6 Å².